The molecule has 2 aliphatic heterocycles. The van der Waals surface area contributed by atoms with E-state index >= 15 is 0 Å². The molecule has 0 bridgehead atoms. The molecule has 0 aliphatic carbocycles. The third-order valence-corrected chi connectivity index (χ3v) is 6.36. The maximum absolute atomic E-state index is 12.1. The van der Waals surface area contributed by atoms with Crippen molar-refractivity contribution in [2.24, 2.45) is 5.92 Å². The third-order valence-electron chi connectivity index (χ3n) is 6.36. The van der Waals surface area contributed by atoms with Crippen molar-refractivity contribution in [3.63, 3.8) is 0 Å². The zero-order chi connectivity index (χ0) is 27.6. The van der Waals surface area contributed by atoms with Crippen LogP contribution in [0.3, 0.4) is 0 Å². The number of fused-ring (bicyclic) bond motifs is 1. The second-order valence-corrected chi connectivity index (χ2v) is 11.1. The number of nitrogens with zero attached hydrogens (tertiary/aromatic N) is 5. The van der Waals surface area contributed by atoms with Crippen LogP contribution < -0.4 is 16.2 Å². The van der Waals surface area contributed by atoms with Gasteiger partial charge in [-0.1, -0.05) is 13.8 Å². The summed E-state index contributed by atoms with van der Waals surface area (Å²) in [6.45, 7) is 12.1. The monoisotopic (exact) mass is 532 g/mol. The first kappa shape index (κ1) is 26.5. The van der Waals surface area contributed by atoms with Gasteiger partial charge in [0.25, 0.3) is 0 Å². The second kappa shape index (κ2) is 10.9. The van der Waals surface area contributed by atoms with Crippen LogP contribution >= 0.6 is 0 Å². The van der Waals surface area contributed by atoms with Gasteiger partial charge in [-0.25, -0.2) is 9.78 Å². The van der Waals surface area contributed by atoms with Gasteiger partial charge >= 0.3 is 6.09 Å². The Labute approximate surface area is 228 Å². The second-order valence-electron chi connectivity index (χ2n) is 11.1. The summed E-state index contributed by atoms with van der Waals surface area (Å²) in [6, 6.07) is 5.89. The predicted octanol–water partition coefficient (Wildman–Crippen LogP) is 4.03. The van der Waals surface area contributed by atoms with E-state index in [4.69, 9.17) is 14.5 Å². The lowest BCUT2D eigenvalue weighted by molar-refractivity contribution is -0.0650. The standard InChI is InChI=1S/C28H36N8O3/c1-18(2)19-11-26(34-30-13-19)33-25-7-6-23-24(32-25)10-20(12-29-23)21-14-31-36(15-21)8-9-38-22-16-35(17-22)27(37)39-28(3,4)5/h6-7,10-15,18,22,30,34H,8-9,16-17H2,1-5H3,(H,32,33). The lowest BCUT2D eigenvalue weighted by Gasteiger charge is -2.39. The Balaban J connectivity index is 1.16. The molecule has 3 aromatic heterocycles. The Hall–Kier alpha value is -4.12. The molecule has 39 heavy (non-hydrogen) atoms. The van der Waals surface area contributed by atoms with Crippen molar-refractivity contribution in [3.05, 3.63) is 60.5 Å². The molecule has 2 aliphatic rings. The number of allylic oxidation sites excluding steroid dienone is 2. The minimum Gasteiger partial charge on any atom is -0.444 e. The molecule has 3 N–H and O–H groups in total. The number of carbonyl (C=O) groups is 1. The van der Waals surface area contributed by atoms with Crippen LogP contribution in [0.2, 0.25) is 0 Å². The Kier molecular flexibility index (Phi) is 7.42. The molecule has 1 amide bonds. The summed E-state index contributed by atoms with van der Waals surface area (Å²) in [6.07, 6.45) is 9.39. The van der Waals surface area contributed by atoms with Gasteiger partial charge < -0.3 is 25.1 Å². The fourth-order valence-electron chi connectivity index (χ4n) is 4.18. The van der Waals surface area contributed by atoms with Gasteiger partial charge in [-0.2, -0.15) is 5.10 Å². The number of ether oxygens (including phenoxy) is 2. The van der Waals surface area contributed by atoms with E-state index in [0.717, 1.165) is 33.8 Å². The van der Waals surface area contributed by atoms with Gasteiger partial charge in [0.15, 0.2) is 0 Å². The van der Waals surface area contributed by atoms with Crippen LogP contribution in [0.15, 0.2) is 60.5 Å². The van der Waals surface area contributed by atoms with Crippen molar-refractivity contribution in [1.82, 2.24) is 35.5 Å². The maximum Gasteiger partial charge on any atom is 0.410 e. The molecule has 0 radical (unpaired) electrons. The number of likely N-dealkylation sites (tertiary alicyclic amines) is 1. The Morgan fingerprint density at radius 2 is 2.00 bits per heavy atom. The number of aromatic nitrogens is 4. The van der Waals surface area contributed by atoms with Crippen LogP contribution in [0, 0.1) is 5.92 Å². The van der Waals surface area contributed by atoms with Crippen molar-refractivity contribution in [3.8, 4) is 11.1 Å². The quantitative estimate of drug-likeness (QED) is 0.395. The molecule has 3 aromatic rings. The van der Waals surface area contributed by atoms with E-state index in [2.05, 4.69) is 46.2 Å². The summed E-state index contributed by atoms with van der Waals surface area (Å²) in [4.78, 5) is 23.1. The first-order chi connectivity index (χ1) is 18.6. The van der Waals surface area contributed by atoms with Gasteiger partial charge in [0.2, 0.25) is 0 Å². The number of hydrogen-bond acceptors (Lipinski definition) is 9. The number of amides is 1. The Morgan fingerprint density at radius 1 is 1.18 bits per heavy atom. The fraction of sp³-hybridized carbons (Fsp3) is 0.429. The first-order valence-electron chi connectivity index (χ1n) is 13.2. The van der Waals surface area contributed by atoms with E-state index < -0.39 is 5.60 Å². The molecule has 5 heterocycles. The van der Waals surface area contributed by atoms with Crippen LogP contribution in [0.25, 0.3) is 22.2 Å². The van der Waals surface area contributed by atoms with Gasteiger partial charge in [-0.15, -0.1) is 0 Å². The van der Waals surface area contributed by atoms with Crippen LogP contribution in [0.4, 0.5) is 10.6 Å². The van der Waals surface area contributed by atoms with E-state index in [1.807, 2.05) is 68.4 Å². The van der Waals surface area contributed by atoms with Crippen molar-refractivity contribution < 1.29 is 14.3 Å². The van der Waals surface area contributed by atoms with Crippen LogP contribution in [0.1, 0.15) is 34.6 Å². The van der Waals surface area contributed by atoms with Crippen molar-refractivity contribution in [2.75, 3.05) is 25.0 Å². The SMILES string of the molecule is CC(C)C1=CNNC(Nc2ccc3ncc(-c4cnn(CCOC5CN(C(=O)OC(C)(C)C)C5)c4)cc3n2)=C1. The number of anilines is 1. The first-order valence-corrected chi connectivity index (χ1v) is 13.2. The van der Waals surface area contributed by atoms with E-state index in [-0.39, 0.29) is 12.2 Å². The van der Waals surface area contributed by atoms with Crippen LogP contribution in [-0.4, -0.2) is 62.1 Å². The lowest BCUT2D eigenvalue weighted by Crippen LogP contribution is -2.56. The van der Waals surface area contributed by atoms with E-state index in [1.165, 1.54) is 5.57 Å². The maximum atomic E-state index is 12.1. The number of nitrogens with one attached hydrogen (secondary N) is 3. The molecule has 11 heteroatoms. The summed E-state index contributed by atoms with van der Waals surface area (Å²) in [5.41, 5.74) is 10.4. The van der Waals surface area contributed by atoms with Crippen molar-refractivity contribution in [2.45, 2.75) is 52.9 Å². The number of pyridine rings is 2. The summed E-state index contributed by atoms with van der Waals surface area (Å²) >= 11 is 0. The largest absolute Gasteiger partial charge is 0.444 e. The van der Waals surface area contributed by atoms with Crippen LogP contribution in [0.5, 0.6) is 0 Å². The molecule has 1 fully saturated rings. The molecular weight excluding hydrogens is 496 g/mol. The highest BCUT2D eigenvalue weighted by Gasteiger charge is 2.34. The molecule has 1 saturated heterocycles. The number of carbonyl (C=O) groups excluding carboxylic acids is 1. The minimum absolute atomic E-state index is 0.0226. The molecular formula is C28H36N8O3. The zero-order valence-electron chi connectivity index (χ0n) is 23.1. The average Bonchev–Trinajstić information content (AvgIpc) is 3.33. The molecule has 0 spiro atoms. The van der Waals surface area contributed by atoms with Crippen LogP contribution in [-0.2, 0) is 16.0 Å². The zero-order valence-corrected chi connectivity index (χ0v) is 23.1. The molecule has 0 saturated carbocycles. The van der Waals surface area contributed by atoms with Crippen molar-refractivity contribution in [1.29, 1.82) is 0 Å². The highest BCUT2D eigenvalue weighted by Crippen LogP contribution is 2.24. The van der Waals surface area contributed by atoms with E-state index in [9.17, 15) is 4.79 Å². The van der Waals surface area contributed by atoms with Gasteiger partial charge in [0.1, 0.15) is 17.2 Å². The molecule has 5 rings (SSSR count). The van der Waals surface area contributed by atoms with Gasteiger partial charge in [0.05, 0.1) is 49.6 Å². The summed E-state index contributed by atoms with van der Waals surface area (Å²) < 4.78 is 13.1. The predicted molar refractivity (Wildman–Crippen MR) is 149 cm³/mol. The topological polar surface area (TPSA) is 118 Å². The average molecular weight is 533 g/mol. The summed E-state index contributed by atoms with van der Waals surface area (Å²) in [5.74, 6) is 1.97. The number of rotatable bonds is 8. The highest BCUT2D eigenvalue weighted by atomic mass is 16.6. The Bertz CT molecular complexity index is 1400. The summed E-state index contributed by atoms with van der Waals surface area (Å²) in [5, 5.41) is 7.81. The normalized spacial score (nSPS) is 15.8. The fourth-order valence-corrected chi connectivity index (χ4v) is 4.18. The minimum atomic E-state index is -0.492. The molecule has 0 unspecified atom stereocenters. The number of hydrazine groups is 1. The van der Waals surface area contributed by atoms with Gasteiger partial charge in [-0.3, -0.25) is 15.1 Å². The Morgan fingerprint density at radius 3 is 2.77 bits per heavy atom. The highest BCUT2D eigenvalue weighted by molar-refractivity contribution is 5.81. The van der Waals surface area contributed by atoms with Gasteiger partial charge in [0, 0.05) is 29.7 Å². The van der Waals surface area contributed by atoms with E-state index in [0.29, 0.717) is 32.2 Å². The lowest BCUT2D eigenvalue weighted by atomic mass is 10.0. The van der Waals surface area contributed by atoms with Gasteiger partial charge in [-0.05, 0) is 56.5 Å². The molecule has 206 valence electrons. The number of hydrogen-bond donors (Lipinski definition) is 3. The molecule has 0 atom stereocenters. The van der Waals surface area contributed by atoms with E-state index in [1.54, 1.807) is 4.90 Å². The third kappa shape index (κ3) is 6.66. The molecule has 0 aromatic carbocycles. The molecule has 11 nitrogen and oxygen atoms in total. The van der Waals surface area contributed by atoms with Crippen molar-refractivity contribution >= 4 is 22.9 Å². The summed E-state index contributed by atoms with van der Waals surface area (Å²) in [7, 11) is 0. The smallest absolute Gasteiger partial charge is 0.410 e.